The lowest BCUT2D eigenvalue weighted by atomic mass is 10.2. The molecule has 1 aromatic carbocycles. The van der Waals surface area contributed by atoms with Crippen molar-refractivity contribution in [2.75, 3.05) is 18.0 Å². The van der Waals surface area contributed by atoms with Crippen molar-refractivity contribution in [3.05, 3.63) is 28.2 Å². The highest BCUT2D eigenvalue weighted by atomic mass is 79.9. The summed E-state index contributed by atoms with van der Waals surface area (Å²) in [6.45, 7) is 2.14. The van der Waals surface area contributed by atoms with Gasteiger partial charge in [0.15, 0.2) is 0 Å². The van der Waals surface area contributed by atoms with E-state index in [4.69, 9.17) is 0 Å². The van der Waals surface area contributed by atoms with Gasteiger partial charge in [0.1, 0.15) is 6.54 Å². The number of carbonyl (C=O) groups is 2. The molecule has 0 aromatic heterocycles. The molecular weight excluding hydrogens is 272 g/mol. The van der Waals surface area contributed by atoms with Crippen molar-refractivity contribution in [3.63, 3.8) is 0 Å². The summed E-state index contributed by atoms with van der Waals surface area (Å²) >= 11 is 3.41. The van der Waals surface area contributed by atoms with Crippen LogP contribution in [0.5, 0.6) is 0 Å². The number of rotatable bonds is 1. The van der Waals surface area contributed by atoms with Crippen LogP contribution in [0, 0.1) is 6.92 Å². The molecule has 1 fully saturated rings. The molecule has 0 unspecified atom stereocenters. The second-order valence-corrected chi connectivity index (χ2v) is 4.54. The van der Waals surface area contributed by atoms with Gasteiger partial charge >= 0.3 is 0 Å². The van der Waals surface area contributed by atoms with Gasteiger partial charge in [0.2, 0.25) is 11.8 Å². The first-order chi connectivity index (χ1) is 7.58. The molecule has 0 bridgehead atoms. The monoisotopic (exact) mass is 282 g/mol. The predicted octanol–water partition coefficient (Wildman–Crippen LogP) is 1.22. The summed E-state index contributed by atoms with van der Waals surface area (Å²) in [4.78, 5) is 24.3. The number of nitrogens with one attached hydrogen (secondary N) is 1. The molecule has 1 aliphatic heterocycles. The summed E-state index contributed by atoms with van der Waals surface area (Å²) in [6, 6.07) is 5.61. The van der Waals surface area contributed by atoms with Gasteiger partial charge in [0, 0.05) is 10.2 Å². The van der Waals surface area contributed by atoms with Gasteiger partial charge in [-0.05, 0) is 24.6 Å². The van der Waals surface area contributed by atoms with Gasteiger partial charge < -0.3 is 10.2 Å². The van der Waals surface area contributed by atoms with Crippen molar-refractivity contribution in [1.29, 1.82) is 0 Å². The molecule has 5 heteroatoms. The lowest BCUT2D eigenvalue weighted by Crippen LogP contribution is -2.51. The zero-order chi connectivity index (χ0) is 11.7. The number of carbonyl (C=O) groups excluding carboxylic acids is 2. The average molecular weight is 283 g/mol. The van der Waals surface area contributed by atoms with Crippen LogP contribution >= 0.6 is 15.9 Å². The normalized spacial score (nSPS) is 16.2. The van der Waals surface area contributed by atoms with Crippen molar-refractivity contribution in [1.82, 2.24) is 5.32 Å². The minimum atomic E-state index is -0.128. The molecule has 0 radical (unpaired) electrons. The lowest BCUT2D eigenvalue weighted by molar-refractivity contribution is -0.128. The Bertz CT molecular complexity index is 459. The number of aryl methyl sites for hydroxylation is 1. The minimum Gasteiger partial charge on any atom is -0.345 e. The summed E-state index contributed by atoms with van der Waals surface area (Å²) in [5.74, 6) is -0.216. The molecule has 0 saturated carbocycles. The molecule has 0 atom stereocenters. The molecule has 1 N–H and O–H groups in total. The third-order valence-corrected chi connectivity index (χ3v) is 3.36. The SMILES string of the molecule is Cc1ccc(N2CC(=O)NCC2=O)cc1Br. The molecule has 2 rings (SSSR count). The Morgan fingerprint density at radius 3 is 2.81 bits per heavy atom. The number of hydrogen-bond acceptors (Lipinski definition) is 2. The van der Waals surface area contributed by atoms with Gasteiger partial charge in [0.25, 0.3) is 0 Å². The molecule has 1 heterocycles. The van der Waals surface area contributed by atoms with E-state index in [2.05, 4.69) is 21.2 Å². The van der Waals surface area contributed by atoms with E-state index in [0.29, 0.717) is 0 Å². The first kappa shape index (κ1) is 11.1. The lowest BCUT2D eigenvalue weighted by Gasteiger charge is -2.26. The number of nitrogens with zero attached hydrogens (tertiary/aromatic N) is 1. The summed E-state index contributed by atoms with van der Waals surface area (Å²) in [6.07, 6.45) is 0. The third kappa shape index (κ3) is 2.09. The summed E-state index contributed by atoms with van der Waals surface area (Å²) in [7, 11) is 0. The smallest absolute Gasteiger partial charge is 0.246 e. The van der Waals surface area contributed by atoms with E-state index in [1.54, 1.807) is 0 Å². The number of anilines is 1. The highest BCUT2D eigenvalue weighted by Gasteiger charge is 2.24. The third-order valence-electron chi connectivity index (χ3n) is 2.51. The largest absolute Gasteiger partial charge is 0.345 e. The van der Waals surface area contributed by atoms with Crippen molar-refractivity contribution in [2.24, 2.45) is 0 Å². The van der Waals surface area contributed by atoms with Crippen molar-refractivity contribution < 1.29 is 9.59 Å². The summed E-state index contributed by atoms with van der Waals surface area (Å²) in [5, 5.41) is 2.52. The molecule has 0 spiro atoms. The van der Waals surface area contributed by atoms with E-state index in [1.165, 1.54) is 4.90 Å². The molecule has 1 aliphatic rings. The van der Waals surface area contributed by atoms with Crippen LogP contribution in [0.3, 0.4) is 0 Å². The van der Waals surface area contributed by atoms with E-state index >= 15 is 0 Å². The van der Waals surface area contributed by atoms with Crippen LogP contribution in [0.1, 0.15) is 5.56 Å². The number of hydrogen-bond donors (Lipinski definition) is 1. The zero-order valence-electron chi connectivity index (χ0n) is 8.79. The topological polar surface area (TPSA) is 49.4 Å². The Balaban J connectivity index is 2.31. The maximum atomic E-state index is 11.6. The molecule has 2 amide bonds. The van der Waals surface area contributed by atoms with Crippen LogP contribution in [0.25, 0.3) is 0 Å². The number of amides is 2. The maximum absolute atomic E-state index is 11.6. The van der Waals surface area contributed by atoms with E-state index in [-0.39, 0.29) is 24.9 Å². The average Bonchev–Trinajstić information content (AvgIpc) is 2.26. The minimum absolute atomic E-state index is 0.0737. The Kier molecular flexibility index (Phi) is 2.96. The van der Waals surface area contributed by atoms with Crippen molar-refractivity contribution in [2.45, 2.75) is 6.92 Å². The predicted molar refractivity (Wildman–Crippen MR) is 64.2 cm³/mol. The number of halogens is 1. The van der Waals surface area contributed by atoms with Gasteiger partial charge in [-0.2, -0.15) is 0 Å². The van der Waals surface area contributed by atoms with Crippen molar-refractivity contribution >= 4 is 33.4 Å². The fourth-order valence-corrected chi connectivity index (χ4v) is 1.91. The van der Waals surface area contributed by atoms with Crippen LogP contribution in [-0.2, 0) is 9.59 Å². The number of benzene rings is 1. The van der Waals surface area contributed by atoms with Crippen LogP contribution < -0.4 is 10.2 Å². The quantitative estimate of drug-likeness (QED) is 0.842. The molecule has 0 aliphatic carbocycles. The highest BCUT2D eigenvalue weighted by molar-refractivity contribution is 9.10. The van der Waals surface area contributed by atoms with Crippen LogP contribution in [-0.4, -0.2) is 24.9 Å². The molecule has 1 aromatic rings. The Labute approximate surface area is 102 Å². The Hall–Kier alpha value is -1.36. The maximum Gasteiger partial charge on any atom is 0.246 e. The van der Waals surface area contributed by atoms with E-state index < -0.39 is 0 Å². The molecule has 84 valence electrons. The summed E-state index contributed by atoms with van der Waals surface area (Å²) < 4.78 is 0.934. The first-order valence-electron chi connectivity index (χ1n) is 4.91. The second kappa shape index (κ2) is 4.25. The number of piperazine rings is 1. The van der Waals surface area contributed by atoms with Gasteiger partial charge in [-0.3, -0.25) is 9.59 Å². The van der Waals surface area contributed by atoms with Crippen LogP contribution in [0.4, 0.5) is 5.69 Å². The van der Waals surface area contributed by atoms with Gasteiger partial charge in [0.05, 0.1) is 6.54 Å². The first-order valence-corrected chi connectivity index (χ1v) is 5.70. The molecule has 1 saturated heterocycles. The van der Waals surface area contributed by atoms with E-state index in [1.807, 2.05) is 25.1 Å². The molecular formula is C11H11BrN2O2. The van der Waals surface area contributed by atoms with E-state index in [9.17, 15) is 9.59 Å². The zero-order valence-corrected chi connectivity index (χ0v) is 10.4. The van der Waals surface area contributed by atoms with Gasteiger partial charge in [-0.15, -0.1) is 0 Å². The van der Waals surface area contributed by atoms with Gasteiger partial charge in [-0.25, -0.2) is 0 Å². The molecule has 4 nitrogen and oxygen atoms in total. The van der Waals surface area contributed by atoms with Gasteiger partial charge in [-0.1, -0.05) is 22.0 Å². The Morgan fingerprint density at radius 2 is 2.12 bits per heavy atom. The second-order valence-electron chi connectivity index (χ2n) is 3.69. The fraction of sp³-hybridized carbons (Fsp3) is 0.273. The van der Waals surface area contributed by atoms with Crippen LogP contribution in [0.15, 0.2) is 22.7 Å². The Morgan fingerprint density at radius 1 is 1.38 bits per heavy atom. The highest BCUT2D eigenvalue weighted by Crippen LogP contribution is 2.24. The van der Waals surface area contributed by atoms with Crippen molar-refractivity contribution in [3.8, 4) is 0 Å². The fourth-order valence-electron chi connectivity index (χ4n) is 1.54. The van der Waals surface area contributed by atoms with Crippen LogP contribution in [0.2, 0.25) is 0 Å². The standard InChI is InChI=1S/C11H11BrN2O2/c1-7-2-3-8(4-9(7)12)14-6-10(15)13-5-11(14)16/h2-4H,5-6H2,1H3,(H,13,15). The molecule has 16 heavy (non-hydrogen) atoms. The van der Waals surface area contributed by atoms with E-state index in [0.717, 1.165) is 15.7 Å². The summed E-state index contributed by atoms with van der Waals surface area (Å²) in [5.41, 5.74) is 1.84.